The van der Waals surface area contributed by atoms with Crippen LogP contribution >= 0.6 is 0 Å². The number of ether oxygens (including phenoxy) is 1. The minimum atomic E-state index is -0.702. The number of unbranched alkanes of at least 4 members (excludes halogenated alkanes) is 10. The number of cyclic esters (lactones) is 1. The van der Waals surface area contributed by atoms with Gasteiger partial charge in [-0.1, -0.05) is 63.7 Å². The number of esters is 1. The SMILES string of the molecule is CCCCCC/C=C\CCCCCCC/C=C1/C[C@](C)(CO)OC1=O. The van der Waals surface area contributed by atoms with Gasteiger partial charge in [-0.25, -0.2) is 4.79 Å². The van der Waals surface area contributed by atoms with Crippen LogP contribution in [-0.2, 0) is 9.53 Å². The summed E-state index contributed by atoms with van der Waals surface area (Å²) in [5, 5.41) is 9.25. The van der Waals surface area contributed by atoms with Gasteiger partial charge in [-0.2, -0.15) is 0 Å². The summed E-state index contributed by atoms with van der Waals surface area (Å²) in [7, 11) is 0. The third-order valence-electron chi connectivity index (χ3n) is 4.86. The zero-order valence-electron chi connectivity index (χ0n) is 16.4. The maximum absolute atomic E-state index is 11.7. The molecule has 0 radical (unpaired) electrons. The van der Waals surface area contributed by atoms with Gasteiger partial charge in [-0.15, -0.1) is 0 Å². The van der Waals surface area contributed by atoms with Crippen LogP contribution in [0.4, 0.5) is 0 Å². The van der Waals surface area contributed by atoms with Crippen molar-refractivity contribution in [1.29, 1.82) is 0 Å². The summed E-state index contributed by atoms with van der Waals surface area (Å²) in [5.74, 6) is -0.252. The van der Waals surface area contributed by atoms with Crippen LogP contribution in [0.25, 0.3) is 0 Å². The topological polar surface area (TPSA) is 46.5 Å². The van der Waals surface area contributed by atoms with Crippen LogP contribution in [-0.4, -0.2) is 23.3 Å². The van der Waals surface area contributed by atoms with Gasteiger partial charge >= 0.3 is 5.97 Å². The van der Waals surface area contributed by atoms with Crippen molar-refractivity contribution in [3.8, 4) is 0 Å². The Morgan fingerprint density at radius 3 is 2.08 bits per heavy atom. The highest BCUT2D eigenvalue weighted by atomic mass is 16.6. The van der Waals surface area contributed by atoms with Crippen LogP contribution in [0.15, 0.2) is 23.8 Å². The van der Waals surface area contributed by atoms with E-state index in [1.165, 1.54) is 64.2 Å². The maximum Gasteiger partial charge on any atom is 0.334 e. The third kappa shape index (κ3) is 9.84. The summed E-state index contributed by atoms with van der Waals surface area (Å²) in [6.07, 6.45) is 22.2. The average molecular weight is 351 g/mol. The molecule has 25 heavy (non-hydrogen) atoms. The molecule has 0 amide bonds. The molecule has 0 spiro atoms. The number of carbonyl (C=O) groups is 1. The van der Waals surface area contributed by atoms with Gasteiger partial charge in [0.05, 0.1) is 6.61 Å². The van der Waals surface area contributed by atoms with Crippen LogP contribution < -0.4 is 0 Å². The molecule has 3 nitrogen and oxygen atoms in total. The number of carbonyl (C=O) groups excluding carboxylic acids is 1. The highest BCUT2D eigenvalue weighted by molar-refractivity contribution is 5.91. The fourth-order valence-corrected chi connectivity index (χ4v) is 3.18. The Hall–Kier alpha value is -1.09. The first-order valence-corrected chi connectivity index (χ1v) is 10.3. The summed E-state index contributed by atoms with van der Waals surface area (Å²) >= 11 is 0. The second-order valence-electron chi connectivity index (χ2n) is 7.57. The predicted octanol–water partition coefficient (Wildman–Crippen LogP) is 5.87. The fraction of sp³-hybridized carbons (Fsp3) is 0.773. The molecule has 1 aliphatic heterocycles. The Bertz CT molecular complexity index is 425. The van der Waals surface area contributed by atoms with Gasteiger partial charge < -0.3 is 9.84 Å². The van der Waals surface area contributed by atoms with Crippen LogP contribution in [0.3, 0.4) is 0 Å². The average Bonchev–Trinajstić information content (AvgIpc) is 2.90. The summed E-state index contributed by atoms with van der Waals surface area (Å²) in [6.45, 7) is 3.93. The molecule has 1 rings (SSSR count). The molecule has 0 unspecified atom stereocenters. The zero-order valence-corrected chi connectivity index (χ0v) is 16.4. The van der Waals surface area contributed by atoms with Crippen LogP contribution in [0.2, 0.25) is 0 Å². The lowest BCUT2D eigenvalue weighted by molar-refractivity contribution is -0.148. The number of aliphatic hydroxyl groups excluding tert-OH is 1. The lowest BCUT2D eigenvalue weighted by atomic mass is 9.99. The van der Waals surface area contributed by atoms with Crippen LogP contribution in [0.5, 0.6) is 0 Å². The van der Waals surface area contributed by atoms with Gasteiger partial charge in [0.1, 0.15) is 5.60 Å². The summed E-state index contributed by atoms with van der Waals surface area (Å²) < 4.78 is 5.22. The van der Waals surface area contributed by atoms with Crippen molar-refractivity contribution >= 4 is 5.97 Å². The Kier molecular flexibility index (Phi) is 11.6. The molecule has 3 heteroatoms. The van der Waals surface area contributed by atoms with E-state index >= 15 is 0 Å². The van der Waals surface area contributed by atoms with Crippen molar-refractivity contribution in [3.05, 3.63) is 23.8 Å². The van der Waals surface area contributed by atoms with Crippen molar-refractivity contribution in [3.63, 3.8) is 0 Å². The fourth-order valence-electron chi connectivity index (χ4n) is 3.18. The summed E-state index contributed by atoms with van der Waals surface area (Å²) in [5.41, 5.74) is 0.0347. The van der Waals surface area contributed by atoms with E-state index in [9.17, 15) is 9.90 Å². The molecular weight excluding hydrogens is 312 g/mol. The molecule has 0 saturated carbocycles. The molecule has 1 aliphatic rings. The number of hydrogen-bond acceptors (Lipinski definition) is 3. The molecule has 0 aliphatic carbocycles. The molecule has 0 bridgehead atoms. The second-order valence-corrected chi connectivity index (χ2v) is 7.57. The minimum absolute atomic E-state index is 0.108. The molecular formula is C22H38O3. The first kappa shape index (κ1) is 22.0. The summed E-state index contributed by atoms with van der Waals surface area (Å²) in [4.78, 5) is 11.7. The van der Waals surface area contributed by atoms with Crippen molar-refractivity contribution in [2.45, 2.75) is 103 Å². The highest BCUT2D eigenvalue weighted by Gasteiger charge is 2.38. The maximum atomic E-state index is 11.7. The Labute approximate surface area is 154 Å². The molecule has 1 atom stereocenters. The molecule has 1 fully saturated rings. The number of aliphatic hydroxyl groups is 1. The molecule has 0 aromatic carbocycles. The normalized spacial score (nSPS) is 22.2. The van der Waals surface area contributed by atoms with E-state index < -0.39 is 5.60 Å². The monoisotopic (exact) mass is 350 g/mol. The number of rotatable bonds is 14. The zero-order chi connectivity index (χ0) is 18.4. The van der Waals surface area contributed by atoms with Crippen molar-refractivity contribution < 1.29 is 14.6 Å². The summed E-state index contributed by atoms with van der Waals surface area (Å²) in [6, 6.07) is 0. The first-order valence-electron chi connectivity index (χ1n) is 10.3. The molecule has 0 aromatic rings. The van der Waals surface area contributed by atoms with E-state index in [4.69, 9.17) is 4.74 Å². The van der Waals surface area contributed by atoms with Gasteiger partial charge in [0, 0.05) is 12.0 Å². The molecule has 0 aromatic heterocycles. The quantitative estimate of drug-likeness (QED) is 0.184. The molecule has 1 N–H and O–H groups in total. The number of hydrogen-bond donors (Lipinski definition) is 1. The standard InChI is InChI=1S/C22H38O3/c1-3-4-5-6-7-8-9-10-11-12-13-14-15-16-17-20-18-22(2,19-23)25-21(20)24/h8-9,17,23H,3-7,10-16,18-19H2,1-2H3/b9-8-,20-17-/t22-/m1/s1. The highest BCUT2D eigenvalue weighted by Crippen LogP contribution is 2.30. The third-order valence-corrected chi connectivity index (χ3v) is 4.86. The van der Waals surface area contributed by atoms with Gasteiger partial charge in [0.25, 0.3) is 0 Å². The van der Waals surface area contributed by atoms with Gasteiger partial charge in [-0.3, -0.25) is 0 Å². The first-order chi connectivity index (χ1) is 12.1. The van der Waals surface area contributed by atoms with E-state index in [0.29, 0.717) is 6.42 Å². The Morgan fingerprint density at radius 1 is 0.960 bits per heavy atom. The largest absolute Gasteiger partial charge is 0.453 e. The van der Waals surface area contributed by atoms with Crippen molar-refractivity contribution in [2.24, 2.45) is 0 Å². The van der Waals surface area contributed by atoms with E-state index in [0.717, 1.165) is 18.4 Å². The van der Waals surface area contributed by atoms with Crippen molar-refractivity contribution in [1.82, 2.24) is 0 Å². The van der Waals surface area contributed by atoms with Gasteiger partial charge in [0.15, 0.2) is 0 Å². The van der Waals surface area contributed by atoms with E-state index in [-0.39, 0.29) is 12.6 Å². The molecule has 144 valence electrons. The smallest absolute Gasteiger partial charge is 0.334 e. The second kappa shape index (κ2) is 13.2. The minimum Gasteiger partial charge on any atom is -0.453 e. The Balaban J connectivity index is 1.95. The predicted molar refractivity (Wildman–Crippen MR) is 105 cm³/mol. The number of allylic oxidation sites excluding steroid dienone is 3. The van der Waals surface area contributed by atoms with E-state index in [2.05, 4.69) is 19.1 Å². The lowest BCUT2D eigenvalue weighted by Crippen LogP contribution is -2.28. The van der Waals surface area contributed by atoms with Gasteiger partial charge in [0.2, 0.25) is 0 Å². The van der Waals surface area contributed by atoms with E-state index in [1.807, 2.05) is 6.08 Å². The molecule has 1 saturated heterocycles. The van der Waals surface area contributed by atoms with Gasteiger partial charge in [-0.05, 0) is 45.4 Å². The van der Waals surface area contributed by atoms with Crippen LogP contribution in [0, 0.1) is 0 Å². The van der Waals surface area contributed by atoms with E-state index in [1.54, 1.807) is 6.92 Å². The molecule has 1 heterocycles. The Morgan fingerprint density at radius 2 is 1.52 bits per heavy atom. The van der Waals surface area contributed by atoms with Crippen molar-refractivity contribution in [2.75, 3.05) is 6.61 Å². The lowest BCUT2D eigenvalue weighted by Gasteiger charge is -2.17. The van der Waals surface area contributed by atoms with Crippen LogP contribution in [0.1, 0.15) is 97.3 Å².